The summed E-state index contributed by atoms with van der Waals surface area (Å²) in [7, 11) is 0. The SMILES string of the molecule is Cl.Clc1ccc(OC2CCNC2)cc1Cl. The molecule has 1 aliphatic heterocycles. The fourth-order valence-electron chi connectivity index (χ4n) is 1.47. The Morgan fingerprint density at radius 2 is 2.07 bits per heavy atom. The topological polar surface area (TPSA) is 21.3 Å². The molecule has 0 amide bonds. The van der Waals surface area contributed by atoms with E-state index in [-0.39, 0.29) is 18.5 Å². The summed E-state index contributed by atoms with van der Waals surface area (Å²) in [5.74, 6) is 0.785. The molecule has 2 rings (SSSR count). The molecule has 1 unspecified atom stereocenters. The Hall–Kier alpha value is -0.150. The van der Waals surface area contributed by atoms with Crippen molar-refractivity contribution in [2.24, 2.45) is 0 Å². The van der Waals surface area contributed by atoms with Crippen LogP contribution in [-0.4, -0.2) is 19.2 Å². The molecule has 1 fully saturated rings. The standard InChI is InChI=1S/C10H11Cl2NO.ClH/c11-9-2-1-7(5-10(9)12)14-8-3-4-13-6-8;/h1-2,5,8,13H,3-4,6H2;1H. The van der Waals surface area contributed by atoms with Crippen LogP contribution in [0.5, 0.6) is 5.75 Å². The Balaban J connectivity index is 0.00000112. The van der Waals surface area contributed by atoms with Crippen molar-refractivity contribution in [3.8, 4) is 5.75 Å². The number of halogens is 3. The minimum Gasteiger partial charge on any atom is -0.489 e. The monoisotopic (exact) mass is 267 g/mol. The molecule has 0 radical (unpaired) electrons. The number of rotatable bonds is 2. The normalized spacial score (nSPS) is 19.7. The van der Waals surface area contributed by atoms with Gasteiger partial charge in [0.15, 0.2) is 0 Å². The van der Waals surface area contributed by atoms with Gasteiger partial charge in [-0.3, -0.25) is 0 Å². The van der Waals surface area contributed by atoms with Gasteiger partial charge < -0.3 is 10.1 Å². The summed E-state index contributed by atoms with van der Waals surface area (Å²) in [5, 5.41) is 4.33. The van der Waals surface area contributed by atoms with Gasteiger partial charge in [0, 0.05) is 12.6 Å². The lowest BCUT2D eigenvalue weighted by Gasteiger charge is -2.12. The smallest absolute Gasteiger partial charge is 0.121 e. The van der Waals surface area contributed by atoms with Crippen molar-refractivity contribution in [1.29, 1.82) is 0 Å². The molecular formula is C10H12Cl3NO. The second-order valence-corrected chi connectivity index (χ2v) is 4.12. The zero-order valence-electron chi connectivity index (χ0n) is 8.00. The summed E-state index contributed by atoms with van der Waals surface area (Å²) in [6.45, 7) is 1.92. The second-order valence-electron chi connectivity index (χ2n) is 3.31. The van der Waals surface area contributed by atoms with Crippen LogP contribution < -0.4 is 10.1 Å². The van der Waals surface area contributed by atoms with E-state index in [0.29, 0.717) is 10.0 Å². The van der Waals surface area contributed by atoms with Crippen molar-refractivity contribution in [1.82, 2.24) is 5.32 Å². The maximum absolute atomic E-state index is 5.87. The van der Waals surface area contributed by atoms with Gasteiger partial charge in [-0.15, -0.1) is 12.4 Å². The van der Waals surface area contributed by atoms with E-state index in [2.05, 4.69) is 5.32 Å². The molecule has 0 spiro atoms. The Morgan fingerprint density at radius 1 is 1.27 bits per heavy atom. The van der Waals surface area contributed by atoms with E-state index in [1.807, 2.05) is 6.07 Å². The molecule has 1 aromatic rings. The van der Waals surface area contributed by atoms with Crippen molar-refractivity contribution in [3.63, 3.8) is 0 Å². The summed E-state index contributed by atoms with van der Waals surface area (Å²) < 4.78 is 5.71. The average Bonchev–Trinajstić information content (AvgIpc) is 2.64. The van der Waals surface area contributed by atoms with E-state index < -0.39 is 0 Å². The molecule has 1 saturated heterocycles. The Morgan fingerprint density at radius 3 is 2.67 bits per heavy atom. The van der Waals surface area contributed by atoms with E-state index in [4.69, 9.17) is 27.9 Å². The third-order valence-corrected chi connectivity index (χ3v) is 2.95. The molecule has 0 saturated carbocycles. The highest BCUT2D eigenvalue weighted by Crippen LogP contribution is 2.27. The van der Waals surface area contributed by atoms with Crippen LogP contribution in [0.1, 0.15) is 6.42 Å². The van der Waals surface area contributed by atoms with Gasteiger partial charge in [-0.05, 0) is 25.1 Å². The predicted octanol–water partition coefficient (Wildman–Crippen LogP) is 3.16. The van der Waals surface area contributed by atoms with Gasteiger partial charge in [-0.2, -0.15) is 0 Å². The van der Waals surface area contributed by atoms with Crippen molar-refractivity contribution in [2.45, 2.75) is 12.5 Å². The number of ether oxygens (including phenoxy) is 1. The zero-order chi connectivity index (χ0) is 9.97. The lowest BCUT2D eigenvalue weighted by molar-refractivity contribution is 0.223. The van der Waals surface area contributed by atoms with Gasteiger partial charge >= 0.3 is 0 Å². The first-order valence-electron chi connectivity index (χ1n) is 4.58. The molecule has 1 aromatic carbocycles. The zero-order valence-corrected chi connectivity index (χ0v) is 10.3. The quantitative estimate of drug-likeness (QED) is 0.890. The van der Waals surface area contributed by atoms with Crippen molar-refractivity contribution in [3.05, 3.63) is 28.2 Å². The fraction of sp³-hybridized carbons (Fsp3) is 0.400. The molecule has 2 nitrogen and oxygen atoms in total. The largest absolute Gasteiger partial charge is 0.489 e. The van der Waals surface area contributed by atoms with E-state index >= 15 is 0 Å². The molecule has 15 heavy (non-hydrogen) atoms. The van der Waals surface area contributed by atoms with E-state index in [1.165, 1.54) is 0 Å². The predicted molar refractivity (Wildman–Crippen MR) is 65.6 cm³/mol. The van der Waals surface area contributed by atoms with Gasteiger partial charge in [0.2, 0.25) is 0 Å². The van der Waals surface area contributed by atoms with Crippen LogP contribution in [0.4, 0.5) is 0 Å². The van der Waals surface area contributed by atoms with Crippen LogP contribution in [0.15, 0.2) is 18.2 Å². The highest BCUT2D eigenvalue weighted by atomic mass is 35.5. The van der Waals surface area contributed by atoms with Crippen molar-refractivity contribution in [2.75, 3.05) is 13.1 Å². The Kier molecular flexibility index (Phi) is 5.00. The maximum Gasteiger partial charge on any atom is 0.121 e. The molecule has 1 heterocycles. The number of nitrogens with one attached hydrogen (secondary N) is 1. The Bertz CT molecular complexity index is 326. The van der Waals surface area contributed by atoms with E-state index in [0.717, 1.165) is 25.3 Å². The highest BCUT2D eigenvalue weighted by Gasteiger charge is 2.15. The van der Waals surface area contributed by atoms with Gasteiger partial charge in [0.25, 0.3) is 0 Å². The Labute approximate surface area is 105 Å². The molecule has 1 N–H and O–H groups in total. The number of benzene rings is 1. The first-order valence-corrected chi connectivity index (χ1v) is 5.34. The average molecular weight is 269 g/mol. The summed E-state index contributed by atoms with van der Waals surface area (Å²) in [4.78, 5) is 0. The molecule has 0 aromatic heterocycles. The minimum absolute atomic E-state index is 0. The summed E-state index contributed by atoms with van der Waals surface area (Å²) in [6.07, 6.45) is 1.30. The molecule has 0 bridgehead atoms. The molecule has 0 aliphatic carbocycles. The van der Waals surface area contributed by atoms with Gasteiger partial charge in [0.05, 0.1) is 10.0 Å². The second kappa shape index (κ2) is 5.80. The molecule has 1 atom stereocenters. The van der Waals surface area contributed by atoms with Gasteiger partial charge in [0.1, 0.15) is 11.9 Å². The number of hydrogen-bond acceptors (Lipinski definition) is 2. The lowest BCUT2D eigenvalue weighted by atomic mass is 10.3. The summed E-state index contributed by atoms with van der Waals surface area (Å²) in [6, 6.07) is 5.34. The first kappa shape index (κ1) is 12.9. The first-order chi connectivity index (χ1) is 6.75. The van der Waals surface area contributed by atoms with E-state index in [9.17, 15) is 0 Å². The third-order valence-electron chi connectivity index (χ3n) is 2.21. The molecule has 84 valence electrons. The molecular weight excluding hydrogens is 256 g/mol. The van der Waals surface area contributed by atoms with Crippen LogP contribution in [-0.2, 0) is 0 Å². The number of hydrogen-bond donors (Lipinski definition) is 1. The van der Waals surface area contributed by atoms with Crippen LogP contribution in [0.3, 0.4) is 0 Å². The lowest BCUT2D eigenvalue weighted by Crippen LogP contribution is -2.19. The van der Waals surface area contributed by atoms with Crippen LogP contribution in [0, 0.1) is 0 Å². The van der Waals surface area contributed by atoms with Gasteiger partial charge in [-0.1, -0.05) is 23.2 Å². The van der Waals surface area contributed by atoms with Crippen LogP contribution in [0.25, 0.3) is 0 Å². The van der Waals surface area contributed by atoms with Crippen LogP contribution >= 0.6 is 35.6 Å². The van der Waals surface area contributed by atoms with Crippen molar-refractivity contribution < 1.29 is 4.74 Å². The maximum atomic E-state index is 5.87. The minimum atomic E-state index is 0. The molecule has 5 heteroatoms. The van der Waals surface area contributed by atoms with Crippen LogP contribution in [0.2, 0.25) is 10.0 Å². The third kappa shape index (κ3) is 3.42. The fourth-order valence-corrected chi connectivity index (χ4v) is 1.76. The van der Waals surface area contributed by atoms with Gasteiger partial charge in [-0.25, -0.2) is 0 Å². The van der Waals surface area contributed by atoms with E-state index in [1.54, 1.807) is 12.1 Å². The summed E-state index contributed by atoms with van der Waals surface area (Å²) >= 11 is 11.7. The highest BCUT2D eigenvalue weighted by molar-refractivity contribution is 6.42. The molecule has 1 aliphatic rings. The van der Waals surface area contributed by atoms with Crippen molar-refractivity contribution >= 4 is 35.6 Å². The summed E-state index contributed by atoms with van der Waals surface area (Å²) in [5.41, 5.74) is 0.